The van der Waals surface area contributed by atoms with Crippen molar-refractivity contribution in [1.82, 2.24) is 0 Å². The van der Waals surface area contributed by atoms with Gasteiger partial charge in [0, 0.05) is 0 Å². The zero-order chi connectivity index (χ0) is 14.8. The highest BCUT2D eigenvalue weighted by molar-refractivity contribution is 5.49. The first-order chi connectivity index (χ1) is 9.54. The van der Waals surface area contributed by atoms with Gasteiger partial charge in [0.1, 0.15) is 5.75 Å². The molecule has 1 fully saturated rings. The molecule has 1 aliphatic carbocycles. The van der Waals surface area contributed by atoms with Gasteiger partial charge in [-0.25, -0.2) is 4.79 Å². The summed E-state index contributed by atoms with van der Waals surface area (Å²) in [5.41, 5.74) is 3.08. The molecule has 0 spiro atoms. The number of nitrogens with zero attached hydrogens (tertiary/aromatic N) is 1. The molecule has 108 valence electrons. The van der Waals surface area contributed by atoms with Gasteiger partial charge in [0.25, 0.3) is 0 Å². The molecule has 20 heavy (non-hydrogen) atoms. The highest BCUT2D eigenvalue weighted by Crippen LogP contribution is 2.44. The minimum atomic E-state index is -0.359. The van der Waals surface area contributed by atoms with Crippen LogP contribution in [-0.4, -0.2) is 13.2 Å². The monoisotopic (exact) mass is 273 g/mol. The molecule has 1 aromatic rings. The van der Waals surface area contributed by atoms with E-state index in [2.05, 4.69) is 37.9 Å². The zero-order valence-electron chi connectivity index (χ0n) is 12.8. The van der Waals surface area contributed by atoms with Crippen LogP contribution in [-0.2, 0) is 10.3 Å². The number of carbonyl (C=O) groups excluding carboxylic acids is 1. The summed E-state index contributed by atoms with van der Waals surface area (Å²) in [5.74, 6) is 1.33. The van der Waals surface area contributed by atoms with Gasteiger partial charge in [0.15, 0.2) is 0 Å². The number of methoxy groups -OCH3 is 1. The summed E-state index contributed by atoms with van der Waals surface area (Å²) in [6.07, 6.45) is 5.90. The van der Waals surface area contributed by atoms with E-state index in [1.807, 2.05) is 0 Å². The van der Waals surface area contributed by atoms with Gasteiger partial charge < -0.3 is 4.74 Å². The third-order valence-electron chi connectivity index (χ3n) is 4.36. The van der Waals surface area contributed by atoms with E-state index >= 15 is 0 Å². The Morgan fingerprint density at radius 1 is 1.30 bits per heavy atom. The zero-order valence-corrected chi connectivity index (χ0v) is 12.8. The maximum atomic E-state index is 10.8. The van der Waals surface area contributed by atoms with Gasteiger partial charge in [-0.1, -0.05) is 26.7 Å². The van der Waals surface area contributed by atoms with Gasteiger partial charge in [0.2, 0.25) is 6.08 Å². The fourth-order valence-corrected chi connectivity index (χ4v) is 3.29. The van der Waals surface area contributed by atoms with Crippen molar-refractivity contribution < 1.29 is 9.53 Å². The molecule has 0 atom stereocenters. The average molecular weight is 273 g/mol. The third-order valence-corrected chi connectivity index (χ3v) is 4.36. The number of rotatable bonds is 4. The SMILES string of the molecule is COc1c(C)cc(C2(N=C=O)CCCC2)cc1C(C)C. The predicted molar refractivity (Wildman–Crippen MR) is 80.1 cm³/mol. The Labute approximate surface area is 121 Å². The molecule has 0 saturated heterocycles. The van der Waals surface area contributed by atoms with Crippen molar-refractivity contribution in [1.29, 1.82) is 0 Å². The normalized spacial score (nSPS) is 17.1. The van der Waals surface area contributed by atoms with Crippen molar-refractivity contribution in [2.45, 2.75) is 57.9 Å². The van der Waals surface area contributed by atoms with Crippen molar-refractivity contribution in [3.05, 3.63) is 28.8 Å². The number of isocyanates is 1. The summed E-state index contributed by atoms with van der Waals surface area (Å²) < 4.78 is 5.54. The second kappa shape index (κ2) is 5.80. The Kier molecular flexibility index (Phi) is 4.29. The summed E-state index contributed by atoms with van der Waals surface area (Å²) in [5, 5.41) is 0. The Morgan fingerprint density at radius 2 is 1.95 bits per heavy atom. The number of aryl methyl sites for hydroxylation is 1. The van der Waals surface area contributed by atoms with Crippen LogP contribution in [0.5, 0.6) is 5.75 Å². The van der Waals surface area contributed by atoms with Crippen LogP contribution in [0.15, 0.2) is 17.1 Å². The summed E-state index contributed by atoms with van der Waals surface area (Å²) >= 11 is 0. The number of aliphatic imine (C=N–C) groups is 1. The molecule has 0 heterocycles. The highest BCUT2D eigenvalue weighted by atomic mass is 16.5. The standard InChI is InChI=1S/C17H23NO2/c1-12(2)15-10-14(9-13(3)16(15)20-4)17(18-11-19)7-5-6-8-17/h9-10,12H,5-8H2,1-4H3. The number of ether oxygens (including phenoxy) is 1. The lowest BCUT2D eigenvalue weighted by atomic mass is 9.84. The van der Waals surface area contributed by atoms with Gasteiger partial charge in [-0.3, -0.25) is 0 Å². The summed E-state index contributed by atoms with van der Waals surface area (Å²) in [4.78, 5) is 15.0. The largest absolute Gasteiger partial charge is 0.496 e. The Bertz CT molecular complexity index is 536. The lowest BCUT2D eigenvalue weighted by Crippen LogP contribution is -2.19. The molecule has 2 rings (SSSR count). The van der Waals surface area contributed by atoms with Crippen molar-refractivity contribution >= 4 is 6.08 Å². The van der Waals surface area contributed by atoms with Crippen LogP contribution in [0.4, 0.5) is 0 Å². The molecule has 0 N–H and O–H groups in total. The maximum Gasteiger partial charge on any atom is 0.235 e. The Morgan fingerprint density at radius 3 is 2.45 bits per heavy atom. The van der Waals surface area contributed by atoms with Crippen molar-refractivity contribution in [3.63, 3.8) is 0 Å². The van der Waals surface area contributed by atoms with Crippen LogP contribution >= 0.6 is 0 Å². The Hall–Kier alpha value is -1.60. The van der Waals surface area contributed by atoms with Crippen LogP contribution in [0.25, 0.3) is 0 Å². The molecule has 1 aliphatic rings. The fourth-order valence-electron chi connectivity index (χ4n) is 3.29. The fraction of sp³-hybridized carbons (Fsp3) is 0.588. The van der Waals surface area contributed by atoms with E-state index in [4.69, 9.17) is 4.74 Å². The van der Waals surface area contributed by atoms with E-state index < -0.39 is 0 Å². The topological polar surface area (TPSA) is 38.7 Å². The molecule has 0 bridgehead atoms. The molecule has 1 saturated carbocycles. The highest BCUT2D eigenvalue weighted by Gasteiger charge is 2.36. The van der Waals surface area contributed by atoms with E-state index in [1.54, 1.807) is 13.2 Å². The first-order valence-electron chi connectivity index (χ1n) is 7.32. The van der Waals surface area contributed by atoms with E-state index in [9.17, 15) is 4.79 Å². The minimum absolute atomic E-state index is 0.359. The first kappa shape index (κ1) is 14.8. The lowest BCUT2D eigenvalue weighted by Gasteiger charge is -2.26. The molecular weight excluding hydrogens is 250 g/mol. The van der Waals surface area contributed by atoms with Crippen molar-refractivity contribution in [2.75, 3.05) is 7.11 Å². The molecule has 0 unspecified atom stereocenters. The van der Waals surface area contributed by atoms with Crippen molar-refractivity contribution in [2.24, 2.45) is 4.99 Å². The molecule has 0 amide bonds. The lowest BCUT2D eigenvalue weighted by molar-refractivity contribution is 0.401. The molecule has 1 aromatic carbocycles. The summed E-state index contributed by atoms with van der Waals surface area (Å²) in [6, 6.07) is 4.29. The van der Waals surface area contributed by atoms with Gasteiger partial charge >= 0.3 is 0 Å². The molecule has 0 aromatic heterocycles. The van der Waals surface area contributed by atoms with E-state index in [0.717, 1.165) is 42.6 Å². The quantitative estimate of drug-likeness (QED) is 0.608. The van der Waals surface area contributed by atoms with Crippen LogP contribution in [0.3, 0.4) is 0 Å². The van der Waals surface area contributed by atoms with Gasteiger partial charge in [0.05, 0.1) is 12.6 Å². The smallest absolute Gasteiger partial charge is 0.235 e. The van der Waals surface area contributed by atoms with E-state index in [-0.39, 0.29) is 5.54 Å². The van der Waals surface area contributed by atoms with Crippen LogP contribution in [0, 0.1) is 6.92 Å². The maximum absolute atomic E-state index is 10.8. The van der Waals surface area contributed by atoms with E-state index in [0.29, 0.717) is 5.92 Å². The second-order valence-corrected chi connectivity index (χ2v) is 6.01. The molecular formula is C17H23NO2. The van der Waals surface area contributed by atoms with Crippen LogP contribution in [0.1, 0.15) is 62.1 Å². The molecule has 0 radical (unpaired) electrons. The number of hydrogen-bond donors (Lipinski definition) is 0. The summed E-state index contributed by atoms with van der Waals surface area (Å²) in [6.45, 7) is 6.37. The molecule has 3 heteroatoms. The van der Waals surface area contributed by atoms with Crippen LogP contribution < -0.4 is 4.74 Å². The Balaban J connectivity index is 2.60. The minimum Gasteiger partial charge on any atom is -0.496 e. The van der Waals surface area contributed by atoms with Gasteiger partial charge in [-0.2, -0.15) is 4.99 Å². The van der Waals surface area contributed by atoms with Gasteiger partial charge in [-0.05, 0) is 54.5 Å². The summed E-state index contributed by atoms with van der Waals surface area (Å²) in [7, 11) is 1.71. The van der Waals surface area contributed by atoms with Crippen molar-refractivity contribution in [3.8, 4) is 5.75 Å². The van der Waals surface area contributed by atoms with Gasteiger partial charge in [-0.15, -0.1) is 0 Å². The second-order valence-electron chi connectivity index (χ2n) is 6.01. The average Bonchev–Trinajstić information content (AvgIpc) is 2.88. The van der Waals surface area contributed by atoms with Crippen LogP contribution in [0.2, 0.25) is 0 Å². The predicted octanol–water partition coefficient (Wildman–Crippen LogP) is 4.23. The first-order valence-corrected chi connectivity index (χ1v) is 7.32. The molecule has 3 nitrogen and oxygen atoms in total. The van der Waals surface area contributed by atoms with E-state index in [1.165, 1.54) is 5.56 Å². The third kappa shape index (κ3) is 2.51. The number of hydrogen-bond acceptors (Lipinski definition) is 3. The molecule has 0 aliphatic heterocycles. The number of benzene rings is 1.